The summed E-state index contributed by atoms with van der Waals surface area (Å²) in [6.07, 6.45) is 3.64. The van der Waals surface area contributed by atoms with E-state index in [0.29, 0.717) is 29.5 Å². The van der Waals surface area contributed by atoms with Gasteiger partial charge in [-0.3, -0.25) is 4.79 Å². The number of carbonyl (C=O) groups excluding carboxylic acids is 1. The maximum absolute atomic E-state index is 11.6. The van der Waals surface area contributed by atoms with Crippen molar-refractivity contribution in [3.05, 3.63) is 28.8 Å². The van der Waals surface area contributed by atoms with Gasteiger partial charge in [-0.05, 0) is 43.4 Å². The molecule has 1 atom stereocenters. The van der Waals surface area contributed by atoms with Crippen LogP contribution in [-0.2, 0) is 4.79 Å². The Kier molecular flexibility index (Phi) is 6.09. The Bertz CT molecular complexity index is 568. The lowest BCUT2D eigenvalue weighted by Gasteiger charge is -2.35. The summed E-state index contributed by atoms with van der Waals surface area (Å²) in [7, 11) is 0. The molecule has 1 aliphatic rings. The number of piperidine rings is 1. The number of benzene rings is 1. The Morgan fingerprint density at radius 1 is 1.55 bits per heavy atom. The standard InChI is InChI=1S/C17H22ClN3O/c1-2-4-17(22)20-11-13-5-3-8-21(12-13)16-7-6-15(18)9-14(16)10-19/h6-7,9,13H,2-5,8,11-12H2,1H3,(H,20,22). The van der Waals surface area contributed by atoms with Crippen LogP contribution in [0.1, 0.15) is 38.2 Å². The van der Waals surface area contributed by atoms with Crippen molar-refractivity contribution >= 4 is 23.2 Å². The number of nitrogens with zero attached hydrogens (tertiary/aromatic N) is 2. The van der Waals surface area contributed by atoms with Crippen LogP contribution in [0.4, 0.5) is 5.69 Å². The van der Waals surface area contributed by atoms with E-state index in [1.54, 1.807) is 6.07 Å². The van der Waals surface area contributed by atoms with Crippen LogP contribution >= 0.6 is 11.6 Å². The second kappa shape index (κ2) is 8.05. The first-order valence-electron chi connectivity index (χ1n) is 7.85. The van der Waals surface area contributed by atoms with Crippen LogP contribution in [0.15, 0.2) is 18.2 Å². The molecule has 1 N–H and O–H groups in total. The molecule has 2 rings (SSSR count). The van der Waals surface area contributed by atoms with Gasteiger partial charge in [0.15, 0.2) is 0 Å². The molecular weight excluding hydrogens is 298 g/mol. The molecule has 1 aromatic rings. The van der Waals surface area contributed by atoms with Crippen LogP contribution in [0.3, 0.4) is 0 Å². The van der Waals surface area contributed by atoms with E-state index in [0.717, 1.165) is 38.0 Å². The molecule has 1 aliphatic heterocycles. The lowest BCUT2D eigenvalue weighted by molar-refractivity contribution is -0.121. The largest absolute Gasteiger partial charge is 0.370 e. The summed E-state index contributed by atoms with van der Waals surface area (Å²) >= 11 is 5.96. The van der Waals surface area contributed by atoms with Gasteiger partial charge in [-0.25, -0.2) is 0 Å². The number of nitrogens with one attached hydrogen (secondary N) is 1. The van der Waals surface area contributed by atoms with Crippen molar-refractivity contribution in [1.82, 2.24) is 5.32 Å². The zero-order chi connectivity index (χ0) is 15.9. The minimum absolute atomic E-state index is 0.129. The molecule has 0 bridgehead atoms. The number of amides is 1. The van der Waals surface area contributed by atoms with E-state index >= 15 is 0 Å². The molecule has 0 saturated carbocycles. The van der Waals surface area contributed by atoms with Gasteiger partial charge in [0.25, 0.3) is 0 Å². The second-order valence-electron chi connectivity index (χ2n) is 5.78. The highest BCUT2D eigenvalue weighted by Gasteiger charge is 2.22. The van der Waals surface area contributed by atoms with E-state index < -0.39 is 0 Å². The smallest absolute Gasteiger partial charge is 0.219 e. The number of halogens is 1. The highest BCUT2D eigenvalue weighted by molar-refractivity contribution is 6.30. The van der Waals surface area contributed by atoms with E-state index in [4.69, 9.17) is 11.6 Å². The van der Waals surface area contributed by atoms with Crippen LogP contribution in [0.25, 0.3) is 0 Å². The molecule has 0 spiro atoms. The summed E-state index contributed by atoms with van der Waals surface area (Å²) in [5.41, 5.74) is 1.56. The third-order valence-corrected chi connectivity index (χ3v) is 4.24. The molecule has 0 radical (unpaired) electrons. The highest BCUT2D eigenvalue weighted by atomic mass is 35.5. The van der Waals surface area contributed by atoms with Gasteiger partial charge >= 0.3 is 0 Å². The van der Waals surface area contributed by atoms with Crippen molar-refractivity contribution in [3.8, 4) is 6.07 Å². The lowest BCUT2D eigenvalue weighted by atomic mass is 9.96. The van der Waals surface area contributed by atoms with E-state index in [1.807, 2.05) is 19.1 Å². The monoisotopic (exact) mass is 319 g/mol. The average molecular weight is 320 g/mol. The zero-order valence-corrected chi connectivity index (χ0v) is 13.7. The van der Waals surface area contributed by atoms with Crippen molar-refractivity contribution < 1.29 is 4.79 Å². The Morgan fingerprint density at radius 2 is 2.36 bits per heavy atom. The SMILES string of the molecule is CCCC(=O)NCC1CCCN(c2ccc(Cl)cc2C#N)C1. The fourth-order valence-corrected chi connectivity index (χ4v) is 3.07. The second-order valence-corrected chi connectivity index (χ2v) is 6.22. The molecule has 1 amide bonds. The molecule has 1 aromatic carbocycles. The summed E-state index contributed by atoms with van der Waals surface area (Å²) in [6, 6.07) is 7.67. The minimum atomic E-state index is 0.129. The van der Waals surface area contributed by atoms with E-state index in [2.05, 4.69) is 16.3 Å². The fourth-order valence-electron chi connectivity index (χ4n) is 2.90. The van der Waals surface area contributed by atoms with Gasteiger partial charge in [-0.1, -0.05) is 18.5 Å². The van der Waals surface area contributed by atoms with Crippen molar-refractivity contribution in [3.63, 3.8) is 0 Å². The summed E-state index contributed by atoms with van der Waals surface area (Å²) < 4.78 is 0. The van der Waals surface area contributed by atoms with Crippen LogP contribution in [0.5, 0.6) is 0 Å². The van der Waals surface area contributed by atoms with Crippen LogP contribution < -0.4 is 10.2 Å². The maximum atomic E-state index is 11.6. The van der Waals surface area contributed by atoms with Crippen molar-refractivity contribution in [1.29, 1.82) is 5.26 Å². The fraction of sp³-hybridized carbons (Fsp3) is 0.529. The summed E-state index contributed by atoms with van der Waals surface area (Å²) in [6.45, 7) is 4.52. The molecule has 118 valence electrons. The number of hydrogen-bond acceptors (Lipinski definition) is 3. The van der Waals surface area contributed by atoms with E-state index in [1.165, 1.54) is 0 Å². The van der Waals surface area contributed by atoms with Crippen LogP contribution in [0.2, 0.25) is 5.02 Å². The summed E-state index contributed by atoms with van der Waals surface area (Å²) in [5, 5.41) is 12.9. The predicted octanol–water partition coefficient (Wildman–Crippen LogP) is 3.34. The Labute approximate surface area is 137 Å². The Balaban J connectivity index is 1.99. The molecular formula is C17H22ClN3O. The average Bonchev–Trinajstić information content (AvgIpc) is 2.53. The maximum Gasteiger partial charge on any atom is 0.219 e. The third kappa shape index (κ3) is 4.38. The molecule has 1 saturated heterocycles. The van der Waals surface area contributed by atoms with Gasteiger partial charge in [0.2, 0.25) is 5.91 Å². The van der Waals surface area contributed by atoms with Gasteiger partial charge in [0, 0.05) is 31.1 Å². The van der Waals surface area contributed by atoms with Gasteiger partial charge in [0.05, 0.1) is 11.3 Å². The number of hydrogen-bond donors (Lipinski definition) is 1. The topological polar surface area (TPSA) is 56.1 Å². The van der Waals surface area contributed by atoms with Crippen LogP contribution in [-0.4, -0.2) is 25.5 Å². The predicted molar refractivity (Wildman–Crippen MR) is 89.0 cm³/mol. The Morgan fingerprint density at radius 3 is 3.09 bits per heavy atom. The molecule has 1 unspecified atom stereocenters. The molecule has 0 aliphatic carbocycles. The molecule has 1 heterocycles. The normalized spacial score (nSPS) is 17.9. The first kappa shape index (κ1) is 16.6. The summed E-state index contributed by atoms with van der Waals surface area (Å²) in [4.78, 5) is 13.8. The van der Waals surface area contributed by atoms with Gasteiger partial charge in [0.1, 0.15) is 6.07 Å². The van der Waals surface area contributed by atoms with Gasteiger partial charge in [-0.2, -0.15) is 5.26 Å². The number of rotatable bonds is 5. The molecule has 5 heteroatoms. The van der Waals surface area contributed by atoms with E-state index in [-0.39, 0.29) is 5.91 Å². The number of anilines is 1. The number of carbonyl (C=O) groups is 1. The van der Waals surface area contributed by atoms with Crippen molar-refractivity contribution in [2.24, 2.45) is 5.92 Å². The molecule has 1 fully saturated rings. The molecule has 0 aromatic heterocycles. The number of nitriles is 1. The van der Waals surface area contributed by atoms with Gasteiger partial charge in [-0.15, -0.1) is 0 Å². The first-order valence-corrected chi connectivity index (χ1v) is 8.23. The highest BCUT2D eigenvalue weighted by Crippen LogP contribution is 2.28. The van der Waals surface area contributed by atoms with Crippen LogP contribution in [0, 0.1) is 17.2 Å². The van der Waals surface area contributed by atoms with Gasteiger partial charge < -0.3 is 10.2 Å². The lowest BCUT2D eigenvalue weighted by Crippen LogP contribution is -2.41. The third-order valence-electron chi connectivity index (χ3n) is 4.00. The Hall–Kier alpha value is -1.73. The molecule has 4 nitrogen and oxygen atoms in total. The quantitative estimate of drug-likeness (QED) is 0.905. The molecule has 22 heavy (non-hydrogen) atoms. The minimum Gasteiger partial charge on any atom is -0.370 e. The van der Waals surface area contributed by atoms with E-state index in [9.17, 15) is 10.1 Å². The van der Waals surface area contributed by atoms with Crippen molar-refractivity contribution in [2.75, 3.05) is 24.5 Å². The summed E-state index contributed by atoms with van der Waals surface area (Å²) in [5.74, 6) is 0.556. The van der Waals surface area contributed by atoms with Crippen molar-refractivity contribution in [2.45, 2.75) is 32.6 Å². The zero-order valence-electron chi connectivity index (χ0n) is 12.9. The first-order chi connectivity index (χ1) is 10.6.